The number of ether oxygens (including phenoxy) is 1. The lowest BCUT2D eigenvalue weighted by Crippen LogP contribution is -2.45. The molecule has 0 saturated carbocycles. The molecule has 0 radical (unpaired) electrons. The maximum absolute atomic E-state index is 13.1. The highest BCUT2D eigenvalue weighted by atomic mass is 19.1. The fourth-order valence-electron chi connectivity index (χ4n) is 2.34. The summed E-state index contributed by atoms with van der Waals surface area (Å²) >= 11 is 0. The van der Waals surface area contributed by atoms with Crippen molar-refractivity contribution in [1.29, 1.82) is 0 Å². The van der Waals surface area contributed by atoms with E-state index < -0.39 is 0 Å². The Bertz CT molecular complexity index is 497. The Labute approximate surface area is 139 Å². The molecule has 0 aliphatic rings. The second-order valence-corrected chi connectivity index (χ2v) is 6.70. The molecule has 1 rings (SSSR count). The van der Waals surface area contributed by atoms with Gasteiger partial charge in [0.25, 0.3) is 0 Å². The van der Waals surface area contributed by atoms with Crippen molar-refractivity contribution in [3.8, 4) is 0 Å². The molecule has 0 spiro atoms. The second kappa shape index (κ2) is 9.50. The van der Waals surface area contributed by atoms with Crippen LogP contribution in [0.5, 0.6) is 0 Å². The molecule has 4 nitrogen and oxygen atoms in total. The van der Waals surface area contributed by atoms with Crippen LogP contribution in [-0.4, -0.2) is 39.3 Å². The summed E-state index contributed by atoms with van der Waals surface area (Å²) in [6.07, 6.45) is 1.86. The number of rotatable bonds is 7. The SMILES string of the molecule is CN=C(NCCCc1cccc(F)c1)NCC(OC)C(C)(C)C. The van der Waals surface area contributed by atoms with Crippen LogP contribution in [0.4, 0.5) is 4.39 Å². The third-order valence-corrected chi connectivity index (χ3v) is 3.75. The smallest absolute Gasteiger partial charge is 0.191 e. The van der Waals surface area contributed by atoms with Crippen LogP contribution in [0.1, 0.15) is 32.8 Å². The van der Waals surface area contributed by atoms with Crippen molar-refractivity contribution in [2.75, 3.05) is 27.2 Å². The molecule has 0 saturated heterocycles. The number of hydrogen-bond donors (Lipinski definition) is 2. The van der Waals surface area contributed by atoms with Crippen LogP contribution in [0.25, 0.3) is 0 Å². The van der Waals surface area contributed by atoms with E-state index in [1.165, 1.54) is 6.07 Å². The molecule has 2 N–H and O–H groups in total. The molecule has 1 unspecified atom stereocenters. The minimum absolute atomic E-state index is 0.0674. The maximum Gasteiger partial charge on any atom is 0.191 e. The molecule has 23 heavy (non-hydrogen) atoms. The van der Waals surface area contributed by atoms with Crippen molar-refractivity contribution in [2.45, 2.75) is 39.7 Å². The third-order valence-electron chi connectivity index (χ3n) is 3.75. The van der Waals surface area contributed by atoms with Crippen molar-refractivity contribution < 1.29 is 9.13 Å². The fraction of sp³-hybridized carbons (Fsp3) is 0.611. The first-order valence-corrected chi connectivity index (χ1v) is 8.08. The number of guanidine groups is 1. The largest absolute Gasteiger partial charge is 0.379 e. The maximum atomic E-state index is 13.1. The van der Waals surface area contributed by atoms with Gasteiger partial charge in [0, 0.05) is 27.2 Å². The Hall–Kier alpha value is -1.62. The minimum Gasteiger partial charge on any atom is -0.379 e. The standard InChI is InChI=1S/C18H30FN3O/c1-18(2,3)16(23-5)13-22-17(20-4)21-11-7-9-14-8-6-10-15(19)12-14/h6,8,10,12,16H,7,9,11,13H2,1-5H3,(H2,20,21,22). The van der Waals surface area contributed by atoms with Crippen LogP contribution < -0.4 is 10.6 Å². The molecule has 1 aromatic carbocycles. The number of aryl methyl sites for hydroxylation is 1. The van der Waals surface area contributed by atoms with E-state index in [9.17, 15) is 4.39 Å². The van der Waals surface area contributed by atoms with Crippen molar-refractivity contribution in [3.63, 3.8) is 0 Å². The number of halogens is 1. The molecule has 0 aliphatic carbocycles. The van der Waals surface area contributed by atoms with Crippen LogP contribution in [0.2, 0.25) is 0 Å². The first kappa shape index (κ1) is 19.4. The highest BCUT2D eigenvalue weighted by molar-refractivity contribution is 5.79. The van der Waals surface area contributed by atoms with E-state index in [0.717, 1.165) is 30.9 Å². The quantitative estimate of drug-likeness (QED) is 0.461. The van der Waals surface area contributed by atoms with E-state index in [1.807, 2.05) is 6.07 Å². The van der Waals surface area contributed by atoms with Crippen LogP contribution in [-0.2, 0) is 11.2 Å². The van der Waals surface area contributed by atoms with Crippen LogP contribution in [0.3, 0.4) is 0 Å². The summed E-state index contributed by atoms with van der Waals surface area (Å²) in [6, 6.07) is 6.74. The summed E-state index contributed by atoms with van der Waals surface area (Å²) in [7, 11) is 3.48. The summed E-state index contributed by atoms with van der Waals surface area (Å²) in [5.41, 5.74) is 1.08. The van der Waals surface area contributed by atoms with Crippen molar-refractivity contribution in [3.05, 3.63) is 35.6 Å². The Kier molecular flexibility index (Phi) is 8.03. The fourth-order valence-corrected chi connectivity index (χ4v) is 2.34. The summed E-state index contributed by atoms with van der Waals surface area (Å²) in [5, 5.41) is 6.56. The average molecular weight is 323 g/mol. The molecule has 5 heteroatoms. The van der Waals surface area contributed by atoms with Gasteiger partial charge in [0.05, 0.1) is 6.10 Å². The Morgan fingerprint density at radius 1 is 1.30 bits per heavy atom. The van der Waals surface area contributed by atoms with E-state index in [0.29, 0.717) is 6.54 Å². The van der Waals surface area contributed by atoms with Gasteiger partial charge in [0.2, 0.25) is 0 Å². The molecule has 1 aromatic rings. The lowest BCUT2D eigenvalue weighted by molar-refractivity contribution is 0.0205. The lowest BCUT2D eigenvalue weighted by Gasteiger charge is -2.30. The molecule has 0 fully saturated rings. The predicted molar refractivity (Wildman–Crippen MR) is 94.3 cm³/mol. The first-order valence-electron chi connectivity index (χ1n) is 8.08. The molecule has 0 heterocycles. The van der Waals surface area contributed by atoms with Gasteiger partial charge in [0.1, 0.15) is 5.82 Å². The predicted octanol–water partition coefficient (Wildman–Crippen LogP) is 2.98. The topological polar surface area (TPSA) is 45.7 Å². The van der Waals surface area contributed by atoms with Gasteiger partial charge in [-0.2, -0.15) is 0 Å². The number of aliphatic imine (C=N–C) groups is 1. The Balaban J connectivity index is 2.32. The van der Waals surface area contributed by atoms with Gasteiger partial charge in [-0.15, -0.1) is 0 Å². The van der Waals surface area contributed by atoms with E-state index in [1.54, 1.807) is 26.3 Å². The molecular formula is C18H30FN3O. The van der Waals surface area contributed by atoms with Crippen molar-refractivity contribution >= 4 is 5.96 Å². The van der Waals surface area contributed by atoms with Crippen LogP contribution >= 0.6 is 0 Å². The zero-order chi connectivity index (χ0) is 17.3. The third kappa shape index (κ3) is 7.46. The van der Waals surface area contributed by atoms with Gasteiger partial charge in [-0.25, -0.2) is 4.39 Å². The molecule has 130 valence electrons. The zero-order valence-corrected chi connectivity index (χ0v) is 14.9. The summed E-state index contributed by atoms with van der Waals surface area (Å²) in [5.74, 6) is 0.580. The normalized spacial score (nSPS) is 13.7. The number of hydrogen-bond acceptors (Lipinski definition) is 2. The summed E-state index contributed by atoms with van der Waals surface area (Å²) < 4.78 is 18.6. The summed E-state index contributed by atoms with van der Waals surface area (Å²) in [4.78, 5) is 4.21. The molecule has 0 bridgehead atoms. The van der Waals surface area contributed by atoms with Crippen molar-refractivity contribution in [1.82, 2.24) is 10.6 Å². The van der Waals surface area contributed by atoms with E-state index in [4.69, 9.17) is 4.74 Å². The Morgan fingerprint density at radius 3 is 2.61 bits per heavy atom. The van der Waals surface area contributed by atoms with E-state index in [-0.39, 0.29) is 17.3 Å². The highest BCUT2D eigenvalue weighted by Gasteiger charge is 2.24. The van der Waals surface area contributed by atoms with Crippen molar-refractivity contribution in [2.24, 2.45) is 10.4 Å². The minimum atomic E-state index is -0.180. The van der Waals surface area contributed by atoms with Crippen LogP contribution in [0, 0.1) is 11.2 Å². The zero-order valence-electron chi connectivity index (χ0n) is 14.9. The highest BCUT2D eigenvalue weighted by Crippen LogP contribution is 2.20. The molecule has 0 aromatic heterocycles. The second-order valence-electron chi connectivity index (χ2n) is 6.70. The van der Waals surface area contributed by atoms with E-state index in [2.05, 4.69) is 36.4 Å². The monoisotopic (exact) mass is 323 g/mol. The van der Waals surface area contributed by atoms with Gasteiger partial charge >= 0.3 is 0 Å². The van der Waals surface area contributed by atoms with Gasteiger partial charge < -0.3 is 15.4 Å². The summed E-state index contributed by atoms with van der Waals surface area (Å²) in [6.45, 7) is 7.93. The Morgan fingerprint density at radius 2 is 2.04 bits per heavy atom. The molecule has 0 aliphatic heterocycles. The van der Waals surface area contributed by atoms with Gasteiger partial charge in [-0.3, -0.25) is 4.99 Å². The number of methoxy groups -OCH3 is 1. The average Bonchev–Trinajstić information content (AvgIpc) is 2.48. The number of nitrogens with one attached hydrogen (secondary N) is 2. The number of benzene rings is 1. The van der Waals surface area contributed by atoms with Crippen LogP contribution in [0.15, 0.2) is 29.3 Å². The first-order chi connectivity index (χ1) is 10.9. The number of nitrogens with zero attached hydrogens (tertiary/aromatic N) is 1. The molecular weight excluding hydrogens is 293 g/mol. The van der Waals surface area contributed by atoms with Gasteiger partial charge in [-0.1, -0.05) is 32.9 Å². The van der Waals surface area contributed by atoms with Gasteiger partial charge in [0.15, 0.2) is 5.96 Å². The van der Waals surface area contributed by atoms with E-state index >= 15 is 0 Å². The molecule has 0 amide bonds. The van der Waals surface area contributed by atoms with Gasteiger partial charge in [-0.05, 0) is 36.0 Å². The molecule has 1 atom stereocenters. The lowest BCUT2D eigenvalue weighted by atomic mass is 9.89.